The summed E-state index contributed by atoms with van der Waals surface area (Å²) in [6.45, 7) is 0. The predicted octanol–water partition coefficient (Wildman–Crippen LogP) is 3.51. The second-order valence-corrected chi connectivity index (χ2v) is 5.25. The topological polar surface area (TPSA) is 58.7 Å². The zero-order chi connectivity index (χ0) is 17.3. The van der Waals surface area contributed by atoms with E-state index < -0.39 is 30.1 Å². The molecule has 4 nitrogen and oxygen atoms in total. The van der Waals surface area contributed by atoms with Gasteiger partial charge in [-0.2, -0.15) is 13.2 Å². The van der Waals surface area contributed by atoms with Gasteiger partial charge in [0.1, 0.15) is 6.10 Å². The number of benzene rings is 2. The van der Waals surface area contributed by atoms with Crippen molar-refractivity contribution in [1.29, 1.82) is 0 Å². The SMILES string of the molecule is O=C(c1ccccc1NC(=O)C(F)(F)F)[C@@H]1O[C@H]1c1ccccc1. The standard InChI is InChI=1S/C17H12F3NO3/c18-17(19,20)16(23)21-12-9-5-4-8-11(12)13(22)15-14(24-15)10-6-2-1-3-7-10/h1-9,14-15H,(H,21,23)/t14-,15-/m0/s1. The molecule has 1 amide bonds. The van der Waals surface area contributed by atoms with E-state index in [1.807, 2.05) is 6.07 Å². The Morgan fingerprint density at radius 3 is 2.25 bits per heavy atom. The van der Waals surface area contributed by atoms with Gasteiger partial charge >= 0.3 is 12.1 Å². The van der Waals surface area contributed by atoms with Crippen molar-refractivity contribution in [2.45, 2.75) is 18.4 Å². The third-order valence-electron chi connectivity index (χ3n) is 3.58. The van der Waals surface area contributed by atoms with Crippen molar-refractivity contribution < 1.29 is 27.5 Å². The molecule has 1 heterocycles. The Bertz CT molecular complexity index is 774. The number of Topliss-reactive ketones (excluding diaryl/α,β-unsaturated/α-hetero) is 1. The highest BCUT2D eigenvalue weighted by Gasteiger charge is 2.47. The van der Waals surface area contributed by atoms with Crippen molar-refractivity contribution in [3.8, 4) is 0 Å². The average Bonchev–Trinajstić information content (AvgIpc) is 3.35. The number of hydrogen-bond donors (Lipinski definition) is 1. The Morgan fingerprint density at radius 1 is 0.958 bits per heavy atom. The number of nitrogens with one attached hydrogen (secondary N) is 1. The molecule has 1 aliphatic rings. The van der Waals surface area contributed by atoms with Crippen LogP contribution in [0.2, 0.25) is 0 Å². The predicted molar refractivity (Wildman–Crippen MR) is 79.5 cm³/mol. The molecule has 3 rings (SSSR count). The summed E-state index contributed by atoms with van der Waals surface area (Å²) in [4.78, 5) is 23.6. The third-order valence-corrected chi connectivity index (χ3v) is 3.58. The van der Waals surface area contributed by atoms with Crippen LogP contribution in [0.1, 0.15) is 22.0 Å². The van der Waals surface area contributed by atoms with Gasteiger partial charge in [-0.3, -0.25) is 9.59 Å². The van der Waals surface area contributed by atoms with Crippen molar-refractivity contribution in [2.75, 3.05) is 5.32 Å². The second kappa shape index (κ2) is 6.09. The zero-order valence-electron chi connectivity index (χ0n) is 12.2. The van der Waals surface area contributed by atoms with Crippen LogP contribution in [0.3, 0.4) is 0 Å². The molecule has 0 unspecified atom stereocenters. The van der Waals surface area contributed by atoms with Crippen molar-refractivity contribution >= 4 is 17.4 Å². The number of para-hydroxylation sites is 1. The summed E-state index contributed by atoms with van der Waals surface area (Å²) in [5, 5.41) is 1.73. The van der Waals surface area contributed by atoms with E-state index in [-0.39, 0.29) is 11.3 Å². The van der Waals surface area contributed by atoms with Gasteiger partial charge in [-0.05, 0) is 17.7 Å². The highest BCUT2D eigenvalue weighted by Crippen LogP contribution is 2.41. The van der Waals surface area contributed by atoms with E-state index in [1.54, 1.807) is 29.6 Å². The average molecular weight is 335 g/mol. The largest absolute Gasteiger partial charge is 0.471 e. The lowest BCUT2D eigenvalue weighted by Crippen LogP contribution is -2.30. The van der Waals surface area contributed by atoms with Crippen LogP contribution in [0.5, 0.6) is 0 Å². The smallest absolute Gasteiger partial charge is 0.356 e. The lowest BCUT2D eigenvalue weighted by atomic mass is 10.0. The first-order valence-corrected chi connectivity index (χ1v) is 7.10. The number of carbonyl (C=O) groups is 2. The second-order valence-electron chi connectivity index (χ2n) is 5.25. The zero-order valence-corrected chi connectivity index (χ0v) is 12.2. The van der Waals surface area contributed by atoms with Gasteiger partial charge < -0.3 is 10.1 Å². The molecule has 2 atom stereocenters. The maximum absolute atomic E-state index is 12.5. The van der Waals surface area contributed by atoms with E-state index in [0.29, 0.717) is 0 Å². The van der Waals surface area contributed by atoms with Crippen LogP contribution in [-0.4, -0.2) is 24.0 Å². The molecular formula is C17H12F3NO3. The first-order valence-electron chi connectivity index (χ1n) is 7.10. The minimum absolute atomic E-state index is 0.0152. The molecule has 0 bridgehead atoms. The van der Waals surface area contributed by atoms with E-state index in [2.05, 4.69) is 0 Å². The van der Waals surface area contributed by atoms with Crippen LogP contribution in [0.25, 0.3) is 0 Å². The summed E-state index contributed by atoms with van der Waals surface area (Å²) in [6.07, 6.45) is -6.22. The number of rotatable bonds is 4. The van der Waals surface area contributed by atoms with Crippen LogP contribution in [0.15, 0.2) is 54.6 Å². The van der Waals surface area contributed by atoms with Crippen molar-refractivity contribution in [2.24, 2.45) is 0 Å². The summed E-state index contributed by atoms with van der Waals surface area (Å²) in [6, 6.07) is 14.6. The van der Waals surface area contributed by atoms with Gasteiger partial charge in [0.15, 0.2) is 11.9 Å². The Hall–Kier alpha value is -2.67. The molecule has 0 aromatic heterocycles. The fourth-order valence-electron chi connectivity index (χ4n) is 2.36. The molecule has 0 radical (unpaired) electrons. The maximum atomic E-state index is 12.5. The molecule has 1 saturated heterocycles. The molecule has 1 aliphatic heterocycles. The Kier molecular flexibility index (Phi) is 4.11. The summed E-state index contributed by atoms with van der Waals surface area (Å²) >= 11 is 0. The molecule has 7 heteroatoms. The lowest BCUT2D eigenvalue weighted by Gasteiger charge is -2.11. The number of alkyl halides is 3. The number of anilines is 1. The quantitative estimate of drug-likeness (QED) is 0.687. The van der Waals surface area contributed by atoms with Gasteiger partial charge in [-0.25, -0.2) is 0 Å². The van der Waals surface area contributed by atoms with Crippen molar-refractivity contribution in [1.82, 2.24) is 0 Å². The van der Waals surface area contributed by atoms with Gasteiger partial charge in [-0.1, -0.05) is 42.5 Å². The molecule has 2 aromatic carbocycles. The highest BCUT2D eigenvalue weighted by atomic mass is 19.4. The third kappa shape index (κ3) is 3.30. The van der Waals surface area contributed by atoms with E-state index in [9.17, 15) is 22.8 Å². The Balaban J connectivity index is 1.78. The fourth-order valence-corrected chi connectivity index (χ4v) is 2.36. The van der Waals surface area contributed by atoms with Crippen LogP contribution in [0.4, 0.5) is 18.9 Å². The first-order chi connectivity index (χ1) is 11.4. The molecule has 0 spiro atoms. The van der Waals surface area contributed by atoms with E-state index >= 15 is 0 Å². The van der Waals surface area contributed by atoms with Crippen LogP contribution >= 0.6 is 0 Å². The van der Waals surface area contributed by atoms with Crippen LogP contribution in [-0.2, 0) is 9.53 Å². The Morgan fingerprint density at radius 2 is 1.58 bits per heavy atom. The molecule has 24 heavy (non-hydrogen) atoms. The monoisotopic (exact) mass is 335 g/mol. The van der Waals surface area contributed by atoms with Gasteiger partial charge in [0.25, 0.3) is 0 Å². The number of ketones is 1. The lowest BCUT2D eigenvalue weighted by molar-refractivity contribution is -0.167. The highest BCUT2D eigenvalue weighted by molar-refractivity contribution is 6.08. The minimum atomic E-state index is -5.03. The molecule has 0 saturated carbocycles. The van der Waals surface area contributed by atoms with Crippen molar-refractivity contribution in [3.05, 3.63) is 65.7 Å². The van der Waals surface area contributed by atoms with E-state index in [1.165, 1.54) is 24.3 Å². The Labute approximate surface area is 135 Å². The van der Waals surface area contributed by atoms with Gasteiger partial charge in [-0.15, -0.1) is 0 Å². The number of carbonyl (C=O) groups excluding carboxylic acids is 2. The minimum Gasteiger partial charge on any atom is -0.356 e. The molecule has 2 aromatic rings. The van der Waals surface area contributed by atoms with Crippen LogP contribution < -0.4 is 5.32 Å². The summed E-state index contributed by atoms with van der Waals surface area (Å²) in [5.41, 5.74) is 0.610. The summed E-state index contributed by atoms with van der Waals surface area (Å²) < 4.78 is 42.6. The number of halogens is 3. The number of ether oxygens (including phenoxy) is 1. The maximum Gasteiger partial charge on any atom is 0.471 e. The number of hydrogen-bond acceptors (Lipinski definition) is 3. The first kappa shape index (κ1) is 16.2. The number of amides is 1. The molecule has 1 N–H and O–H groups in total. The van der Waals surface area contributed by atoms with E-state index in [0.717, 1.165) is 5.56 Å². The molecule has 124 valence electrons. The number of epoxide rings is 1. The fraction of sp³-hybridized carbons (Fsp3) is 0.176. The van der Waals surface area contributed by atoms with E-state index in [4.69, 9.17) is 4.74 Å². The van der Waals surface area contributed by atoms with Gasteiger partial charge in [0, 0.05) is 5.56 Å². The van der Waals surface area contributed by atoms with Gasteiger partial charge in [0.2, 0.25) is 0 Å². The summed E-state index contributed by atoms with van der Waals surface area (Å²) in [5.74, 6) is -2.60. The van der Waals surface area contributed by atoms with Crippen molar-refractivity contribution in [3.63, 3.8) is 0 Å². The summed E-state index contributed by atoms with van der Waals surface area (Å²) in [7, 11) is 0. The van der Waals surface area contributed by atoms with Gasteiger partial charge in [0.05, 0.1) is 5.69 Å². The molecule has 0 aliphatic carbocycles. The normalized spacial score (nSPS) is 19.6. The van der Waals surface area contributed by atoms with Crippen LogP contribution in [0, 0.1) is 0 Å². The molecular weight excluding hydrogens is 323 g/mol. The molecule has 1 fully saturated rings.